The Bertz CT molecular complexity index is 516. The number of anilines is 1. The zero-order valence-corrected chi connectivity index (χ0v) is 10.7. The molecular weight excluding hydrogens is 268 g/mol. The first-order valence-electron chi connectivity index (χ1n) is 6.26. The van der Waals surface area contributed by atoms with Gasteiger partial charge in [0.2, 0.25) is 11.8 Å². The standard InChI is InChI=1S/C13H15F2N3O2/c14-8-4-9(15)6-10(5-8)17-7-12(19)18-3-1-2-11(18)13(16)20/h4-6,11,17H,1-3,7H2,(H2,16,20). The molecular formula is C13H15F2N3O2. The number of hydrogen-bond donors (Lipinski definition) is 2. The molecule has 7 heteroatoms. The molecule has 1 aromatic rings. The van der Waals surface area contributed by atoms with Crippen molar-refractivity contribution in [1.29, 1.82) is 0 Å². The molecule has 0 saturated carbocycles. The van der Waals surface area contributed by atoms with Gasteiger partial charge < -0.3 is 16.0 Å². The Morgan fingerprint density at radius 3 is 2.55 bits per heavy atom. The summed E-state index contributed by atoms with van der Waals surface area (Å²) >= 11 is 0. The molecule has 1 aliphatic heterocycles. The quantitative estimate of drug-likeness (QED) is 0.860. The molecule has 1 aromatic carbocycles. The molecule has 20 heavy (non-hydrogen) atoms. The molecule has 0 aromatic heterocycles. The van der Waals surface area contributed by atoms with Gasteiger partial charge in [0.1, 0.15) is 17.7 Å². The topological polar surface area (TPSA) is 75.4 Å². The number of halogens is 2. The lowest BCUT2D eigenvalue weighted by Crippen LogP contribution is -2.45. The number of carbonyl (C=O) groups is 2. The smallest absolute Gasteiger partial charge is 0.242 e. The Morgan fingerprint density at radius 1 is 1.30 bits per heavy atom. The third-order valence-electron chi connectivity index (χ3n) is 3.21. The first-order chi connectivity index (χ1) is 9.47. The fraction of sp³-hybridized carbons (Fsp3) is 0.385. The number of amides is 2. The van der Waals surface area contributed by atoms with Crippen LogP contribution in [0.3, 0.4) is 0 Å². The first-order valence-corrected chi connectivity index (χ1v) is 6.26. The summed E-state index contributed by atoms with van der Waals surface area (Å²) in [7, 11) is 0. The molecule has 1 saturated heterocycles. The van der Waals surface area contributed by atoms with E-state index in [9.17, 15) is 18.4 Å². The Morgan fingerprint density at radius 2 is 1.95 bits per heavy atom. The van der Waals surface area contributed by atoms with Crippen molar-refractivity contribution >= 4 is 17.5 Å². The third kappa shape index (κ3) is 3.23. The van der Waals surface area contributed by atoms with E-state index in [0.29, 0.717) is 19.4 Å². The maximum Gasteiger partial charge on any atom is 0.242 e. The molecule has 5 nitrogen and oxygen atoms in total. The third-order valence-corrected chi connectivity index (χ3v) is 3.21. The molecule has 2 rings (SSSR count). The number of nitrogens with two attached hydrogens (primary N) is 1. The molecule has 1 atom stereocenters. The number of nitrogens with one attached hydrogen (secondary N) is 1. The fourth-order valence-electron chi connectivity index (χ4n) is 2.30. The molecule has 1 aliphatic rings. The zero-order chi connectivity index (χ0) is 14.7. The van der Waals surface area contributed by atoms with Crippen LogP contribution < -0.4 is 11.1 Å². The van der Waals surface area contributed by atoms with Gasteiger partial charge >= 0.3 is 0 Å². The number of benzene rings is 1. The second-order valence-corrected chi connectivity index (χ2v) is 4.66. The molecule has 0 spiro atoms. The summed E-state index contributed by atoms with van der Waals surface area (Å²) in [6.07, 6.45) is 1.27. The normalized spacial score (nSPS) is 18.1. The number of rotatable bonds is 4. The number of hydrogen-bond acceptors (Lipinski definition) is 3. The van der Waals surface area contributed by atoms with Crippen molar-refractivity contribution in [1.82, 2.24) is 4.90 Å². The molecule has 0 aliphatic carbocycles. The van der Waals surface area contributed by atoms with E-state index in [0.717, 1.165) is 18.2 Å². The van der Waals surface area contributed by atoms with Gasteiger partial charge in [-0.2, -0.15) is 0 Å². The average Bonchev–Trinajstić information content (AvgIpc) is 2.84. The monoisotopic (exact) mass is 283 g/mol. The molecule has 108 valence electrons. The molecule has 0 radical (unpaired) electrons. The summed E-state index contributed by atoms with van der Waals surface area (Å²) in [6.45, 7) is 0.318. The van der Waals surface area contributed by atoms with Crippen molar-refractivity contribution in [2.24, 2.45) is 5.73 Å². The molecule has 1 unspecified atom stereocenters. The molecule has 1 heterocycles. The fourth-order valence-corrected chi connectivity index (χ4v) is 2.30. The van der Waals surface area contributed by atoms with E-state index >= 15 is 0 Å². The number of primary amides is 1. The second-order valence-electron chi connectivity index (χ2n) is 4.66. The summed E-state index contributed by atoms with van der Waals surface area (Å²) in [6, 6.07) is 2.34. The van der Waals surface area contributed by atoms with Crippen LogP contribution in [-0.2, 0) is 9.59 Å². The lowest BCUT2D eigenvalue weighted by molar-refractivity contribution is -0.135. The van der Waals surface area contributed by atoms with Crippen molar-refractivity contribution in [3.63, 3.8) is 0 Å². The van der Waals surface area contributed by atoms with Crippen LogP contribution in [0, 0.1) is 11.6 Å². The highest BCUT2D eigenvalue weighted by molar-refractivity contribution is 5.89. The van der Waals surface area contributed by atoms with Crippen molar-refractivity contribution < 1.29 is 18.4 Å². The van der Waals surface area contributed by atoms with Crippen molar-refractivity contribution in [2.45, 2.75) is 18.9 Å². The van der Waals surface area contributed by atoms with E-state index in [-0.39, 0.29) is 18.1 Å². The molecule has 3 N–H and O–H groups in total. The summed E-state index contributed by atoms with van der Waals surface area (Å²) in [4.78, 5) is 24.6. The maximum atomic E-state index is 13.0. The minimum absolute atomic E-state index is 0.146. The lowest BCUT2D eigenvalue weighted by atomic mass is 10.2. The van der Waals surface area contributed by atoms with Gasteiger partial charge in [-0.3, -0.25) is 9.59 Å². The number of likely N-dealkylation sites (tertiary alicyclic amines) is 1. The van der Waals surface area contributed by atoms with Gasteiger partial charge in [-0.25, -0.2) is 8.78 Å². The Hall–Kier alpha value is -2.18. The van der Waals surface area contributed by atoms with Crippen LogP contribution in [0.2, 0.25) is 0 Å². The zero-order valence-electron chi connectivity index (χ0n) is 10.7. The van der Waals surface area contributed by atoms with E-state index in [2.05, 4.69) is 5.32 Å². The van der Waals surface area contributed by atoms with Gasteiger partial charge in [0, 0.05) is 18.3 Å². The van der Waals surface area contributed by atoms with Crippen LogP contribution in [0.5, 0.6) is 0 Å². The minimum Gasteiger partial charge on any atom is -0.376 e. The van der Waals surface area contributed by atoms with Crippen molar-refractivity contribution in [3.05, 3.63) is 29.8 Å². The summed E-state index contributed by atoms with van der Waals surface area (Å²) < 4.78 is 26.0. The van der Waals surface area contributed by atoms with Gasteiger partial charge in [0.15, 0.2) is 0 Å². The van der Waals surface area contributed by atoms with Gasteiger partial charge in [-0.1, -0.05) is 0 Å². The van der Waals surface area contributed by atoms with E-state index in [1.807, 2.05) is 0 Å². The van der Waals surface area contributed by atoms with Crippen LogP contribution in [0.15, 0.2) is 18.2 Å². The van der Waals surface area contributed by atoms with E-state index in [4.69, 9.17) is 5.73 Å². The van der Waals surface area contributed by atoms with Gasteiger partial charge in [0.05, 0.1) is 6.54 Å². The predicted molar refractivity (Wildman–Crippen MR) is 68.8 cm³/mol. The SMILES string of the molecule is NC(=O)C1CCCN1C(=O)CNc1cc(F)cc(F)c1. The Balaban J connectivity index is 1.96. The van der Waals surface area contributed by atoms with Gasteiger partial charge in [-0.15, -0.1) is 0 Å². The maximum absolute atomic E-state index is 13.0. The second kappa shape index (κ2) is 5.85. The minimum atomic E-state index is -0.726. The Labute approximate surface area is 114 Å². The van der Waals surface area contributed by atoms with Crippen LogP contribution in [0.25, 0.3) is 0 Å². The number of carbonyl (C=O) groups excluding carboxylic acids is 2. The average molecular weight is 283 g/mol. The van der Waals surface area contributed by atoms with Gasteiger partial charge in [-0.05, 0) is 25.0 Å². The van der Waals surface area contributed by atoms with E-state index < -0.39 is 23.6 Å². The summed E-state index contributed by atoms with van der Waals surface area (Å²) in [5.41, 5.74) is 5.39. The highest BCUT2D eigenvalue weighted by atomic mass is 19.1. The first kappa shape index (κ1) is 14.2. The van der Waals surface area contributed by atoms with Gasteiger partial charge in [0.25, 0.3) is 0 Å². The lowest BCUT2D eigenvalue weighted by Gasteiger charge is -2.22. The Kier molecular flexibility index (Phi) is 4.16. The van der Waals surface area contributed by atoms with Crippen LogP contribution in [-0.4, -0.2) is 35.8 Å². The molecule has 1 fully saturated rings. The predicted octanol–water partition coefficient (Wildman–Crippen LogP) is 0.853. The van der Waals surface area contributed by atoms with E-state index in [1.165, 1.54) is 4.90 Å². The largest absolute Gasteiger partial charge is 0.376 e. The van der Waals surface area contributed by atoms with Crippen LogP contribution in [0.1, 0.15) is 12.8 Å². The van der Waals surface area contributed by atoms with Crippen LogP contribution in [0.4, 0.5) is 14.5 Å². The number of nitrogens with zero attached hydrogens (tertiary/aromatic N) is 1. The summed E-state index contributed by atoms with van der Waals surface area (Å²) in [5, 5.41) is 2.64. The molecule has 0 bridgehead atoms. The summed E-state index contributed by atoms with van der Waals surface area (Å²) in [5.74, 6) is -2.31. The van der Waals surface area contributed by atoms with Crippen molar-refractivity contribution in [3.8, 4) is 0 Å². The highest BCUT2D eigenvalue weighted by Crippen LogP contribution is 2.17. The van der Waals surface area contributed by atoms with Crippen LogP contribution >= 0.6 is 0 Å². The van der Waals surface area contributed by atoms with Crippen molar-refractivity contribution in [2.75, 3.05) is 18.4 Å². The highest BCUT2D eigenvalue weighted by Gasteiger charge is 2.32. The molecule has 2 amide bonds. The van der Waals surface area contributed by atoms with E-state index in [1.54, 1.807) is 0 Å².